The molecule has 3 aliphatic rings. The second-order valence-electron chi connectivity index (χ2n) is 10.3. The minimum atomic E-state index is 0.447. The summed E-state index contributed by atoms with van der Waals surface area (Å²) in [5.41, 5.74) is 0. The van der Waals surface area contributed by atoms with Gasteiger partial charge in [0.05, 0.1) is 12.2 Å². The Morgan fingerprint density at radius 2 is 1.48 bits per heavy atom. The Bertz CT molecular complexity index is 418. The van der Waals surface area contributed by atoms with Gasteiger partial charge in [0.25, 0.3) is 0 Å². The summed E-state index contributed by atoms with van der Waals surface area (Å²) in [6.07, 6.45) is 11.2. The highest BCUT2D eigenvalue weighted by molar-refractivity contribution is 4.82. The summed E-state index contributed by atoms with van der Waals surface area (Å²) in [5, 5.41) is 0. The Balaban J connectivity index is 1.44. The van der Waals surface area contributed by atoms with E-state index in [-0.39, 0.29) is 0 Å². The highest BCUT2D eigenvalue weighted by Gasteiger charge is 2.33. The van der Waals surface area contributed by atoms with Crippen LogP contribution in [0.1, 0.15) is 79.1 Å². The number of hydrogen-bond donors (Lipinski definition) is 0. The van der Waals surface area contributed by atoms with E-state index in [1.54, 1.807) is 0 Å². The highest BCUT2D eigenvalue weighted by Crippen LogP contribution is 2.36. The van der Waals surface area contributed by atoms with Gasteiger partial charge in [-0.3, -0.25) is 0 Å². The Morgan fingerprint density at radius 1 is 0.741 bits per heavy atom. The highest BCUT2D eigenvalue weighted by atomic mass is 16.5. The van der Waals surface area contributed by atoms with Crippen molar-refractivity contribution in [3.63, 3.8) is 0 Å². The lowest BCUT2D eigenvalue weighted by molar-refractivity contribution is -0.0673. The van der Waals surface area contributed by atoms with Gasteiger partial charge < -0.3 is 14.2 Å². The quantitative estimate of drug-likeness (QED) is 0.566. The van der Waals surface area contributed by atoms with Crippen LogP contribution in [0.2, 0.25) is 0 Å². The van der Waals surface area contributed by atoms with E-state index >= 15 is 0 Å². The van der Waals surface area contributed by atoms with Crippen LogP contribution in [0, 0.1) is 35.5 Å². The molecule has 3 nitrogen and oxygen atoms in total. The average molecular weight is 381 g/mol. The first kappa shape index (κ1) is 21.6. The zero-order valence-corrected chi connectivity index (χ0v) is 18.3. The fraction of sp³-hybridized carbons (Fsp3) is 1.00. The van der Waals surface area contributed by atoms with Crippen molar-refractivity contribution >= 4 is 0 Å². The molecule has 3 rings (SSSR count). The van der Waals surface area contributed by atoms with Crippen LogP contribution in [0.15, 0.2) is 0 Å². The van der Waals surface area contributed by atoms with E-state index in [0.29, 0.717) is 24.0 Å². The van der Waals surface area contributed by atoms with Gasteiger partial charge in [0.1, 0.15) is 0 Å². The van der Waals surface area contributed by atoms with Gasteiger partial charge >= 0.3 is 0 Å². The zero-order valence-electron chi connectivity index (χ0n) is 18.3. The molecule has 27 heavy (non-hydrogen) atoms. The second-order valence-corrected chi connectivity index (χ2v) is 10.3. The van der Waals surface area contributed by atoms with Gasteiger partial charge in [0.15, 0.2) is 0 Å². The largest absolute Gasteiger partial charge is 0.381 e. The summed E-state index contributed by atoms with van der Waals surface area (Å²) in [7, 11) is 0. The Hall–Kier alpha value is -0.120. The Kier molecular flexibility index (Phi) is 8.47. The lowest BCUT2D eigenvalue weighted by Gasteiger charge is -2.38. The normalized spacial score (nSPS) is 37.9. The molecule has 3 heteroatoms. The molecule has 0 amide bonds. The van der Waals surface area contributed by atoms with Crippen molar-refractivity contribution < 1.29 is 14.2 Å². The van der Waals surface area contributed by atoms with Crippen LogP contribution in [-0.2, 0) is 14.2 Å². The molecule has 3 heterocycles. The number of ether oxygens (including phenoxy) is 3. The van der Waals surface area contributed by atoms with Crippen LogP contribution in [0.25, 0.3) is 0 Å². The standard InChI is InChI=1S/C24H44O3/c1-17(2)22-13-21(15-25-16-22)12-19(4)24-14-20(8-10-27-24)11-18(3)23-7-5-6-9-26-23/h17-24H,5-16H2,1-4H3/t18?,19?,20?,21?,22-,23+,24+/m1/s1. The number of rotatable bonds is 7. The molecule has 0 aromatic rings. The molecule has 0 bridgehead atoms. The molecule has 4 unspecified atom stereocenters. The van der Waals surface area contributed by atoms with Gasteiger partial charge in [0, 0.05) is 26.4 Å². The van der Waals surface area contributed by atoms with Crippen LogP contribution < -0.4 is 0 Å². The van der Waals surface area contributed by atoms with Crippen LogP contribution in [0.5, 0.6) is 0 Å². The molecule has 158 valence electrons. The van der Waals surface area contributed by atoms with E-state index in [9.17, 15) is 0 Å². The van der Waals surface area contributed by atoms with E-state index in [0.717, 1.165) is 50.1 Å². The summed E-state index contributed by atoms with van der Waals surface area (Å²) in [6, 6.07) is 0. The minimum absolute atomic E-state index is 0.447. The molecular weight excluding hydrogens is 336 g/mol. The third-order valence-corrected chi connectivity index (χ3v) is 7.58. The van der Waals surface area contributed by atoms with Gasteiger partial charge in [-0.25, -0.2) is 0 Å². The second kappa shape index (κ2) is 10.6. The van der Waals surface area contributed by atoms with Crippen LogP contribution >= 0.6 is 0 Å². The predicted octanol–water partition coefficient (Wildman–Crippen LogP) is 5.71. The monoisotopic (exact) mass is 380 g/mol. The van der Waals surface area contributed by atoms with Gasteiger partial charge in [-0.2, -0.15) is 0 Å². The smallest absolute Gasteiger partial charge is 0.0603 e. The summed E-state index contributed by atoms with van der Waals surface area (Å²) in [6.45, 7) is 13.4. The van der Waals surface area contributed by atoms with E-state index < -0.39 is 0 Å². The van der Waals surface area contributed by atoms with Crippen molar-refractivity contribution in [2.45, 2.75) is 91.3 Å². The molecule has 0 aromatic heterocycles. The van der Waals surface area contributed by atoms with E-state index in [4.69, 9.17) is 14.2 Å². The Morgan fingerprint density at radius 3 is 2.22 bits per heavy atom. The zero-order chi connectivity index (χ0) is 19.2. The van der Waals surface area contributed by atoms with Crippen molar-refractivity contribution in [1.82, 2.24) is 0 Å². The topological polar surface area (TPSA) is 27.7 Å². The first-order chi connectivity index (χ1) is 13.0. The van der Waals surface area contributed by atoms with Crippen molar-refractivity contribution in [3.05, 3.63) is 0 Å². The molecule has 0 spiro atoms. The average Bonchev–Trinajstić information content (AvgIpc) is 2.69. The lowest BCUT2D eigenvalue weighted by Crippen LogP contribution is -2.36. The first-order valence-electron chi connectivity index (χ1n) is 11.8. The van der Waals surface area contributed by atoms with Crippen LogP contribution in [0.4, 0.5) is 0 Å². The van der Waals surface area contributed by atoms with E-state index in [1.807, 2.05) is 0 Å². The maximum absolute atomic E-state index is 6.24. The summed E-state index contributed by atoms with van der Waals surface area (Å²) in [5.74, 6) is 4.36. The molecular formula is C24H44O3. The first-order valence-corrected chi connectivity index (χ1v) is 11.8. The summed E-state index contributed by atoms with van der Waals surface area (Å²) in [4.78, 5) is 0. The fourth-order valence-corrected chi connectivity index (χ4v) is 5.66. The molecule has 0 saturated carbocycles. The van der Waals surface area contributed by atoms with E-state index in [1.165, 1.54) is 51.4 Å². The maximum Gasteiger partial charge on any atom is 0.0603 e. The van der Waals surface area contributed by atoms with Gasteiger partial charge in [-0.15, -0.1) is 0 Å². The minimum Gasteiger partial charge on any atom is -0.381 e. The molecule has 3 aliphatic heterocycles. The summed E-state index contributed by atoms with van der Waals surface area (Å²) >= 11 is 0. The third kappa shape index (κ3) is 6.44. The molecule has 0 N–H and O–H groups in total. The maximum atomic E-state index is 6.24. The number of hydrogen-bond acceptors (Lipinski definition) is 3. The van der Waals surface area contributed by atoms with Crippen molar-refractivity contribution in [2.24, 2.45) is 35.5 Å². The molecule has 0 aromatic carbocycles. The molecule has 3 fully saturated rings. The summed E-state index contributed by atoms with van der Waals surface area (Å²) < 4.78 is 18.2. The lowest BCUT2D eigenvalue weighted by atomic mass is 9.77. The van der Waals surface area contributed by atoms with Gasteiger partial charge in [-0.05, 0) is 86.9 Å². The molecule has 3 saturated heterocycles. The fourth-order valence-electron chi connectivity index (χ4n) is 5.66. The predicted molar refractivity (Wildman–Crippen MR) is 111 cm³/mol. The van der Waals surface area contributed by atoms with Crippen molar-refractivity contribution in [1.29, 1.82) is 0 Å². The van der Waals surface area contributed by atoms with Crippen LogP contribution in [-0.4, -0.2) is 38.6 Å². The van der Waals surface area contributed by atoms with E-state index in [2.05, 4.69) is 27.7 Å². The Labute approximate surface area is 167 Å². The van der Waals surface area contributed by atoms with Crippen molar-refractivity contribution in [3.8, 4) is 0 Å². The van der Waals surface area contributed by atoms with Crippen molar-refractivity contribution in [2.75, 3.05) is 26.4 Å². The van der Waals surface area contributed by atoms with Gasteiger partial charge in [0.2, 0.25) is 0 Å². The van der Waals surface area contributed by atoms with Crippen LogP contribution in [0.3, 0.4) is 0 Å². The SMILES string of the molecule is CC(C)[C@H]1COCC(CC(C)[C@@H]2CC(CC(C)[C@@H]3CCCCO3)CCO2)C1. The molecule has 0 radical (unpaired) electrons. The third-order valence-electron chi connectivity index (χ3n) is 7.58. The van der Waals surface area contributed by atoms with Gasteiger partial charge in [-0.1, -0.05) is 27.7 Å². The molecule has 0 aliphatic carbocycles. The molecule has 7 atom stereocenters.